The molecule has 0 spiro atoms. The summed E-state index contributed by atoms with van der Waals surface area (Å²) in [6, 6.07) is 3.98. The summed E-state index contributed by atoms with van der Waals surface area (Å²) in [5.74, 6) is 3.73. The molecule has 0 saturated carbocycles. The summed E-state index contributed by atoms with van der Waals surface area (Å²) in [6.07, 6.45) is 7.16. The maximum Gasteiger partial charge on any atom is 0.191 e. The van der Waals surface area contributed by atoms with Crippen molar-refractivity contribution in [2.45, 2.75) is 6.54 Å². The lowest BCUT2D eigenvalue weighted by atomic mass is 10.3. The molecule has 3 rings (SSSR count). The quantitative estimate of drug-likeness (QED) is 0.457. The number of hydrogen-bond acceptors (Lipinski definition) is 4. The number of imidazole rings is 1. The van der Waals surface area contributed by atoms with Crippen LogP contribution in [0, 0.1) is 0 Å². The Balaban J connectivity index is 0.00000176. The Hall–Kier alpha value is -1.29. The molecule has 1 aliphatic rings. The van der Waals surface area contributed by atoms with E-state index in [1.54, 1.807) is 12.5 Å². The number of aromatic nitrogens is 3. The minimum Gasteiger partial charge on any atom is -0.370 e. The molecule has 3 heterocycles. The van der Waals surface area contributed by atoms with Gasteiger partial charge < -0.3 is 10.6 Å². The van der Waals surface area contributed by atoms with Gasteiger partial charge in [0.25, 0.3) is 0 Å². The van der Waals surface area contributed by atoms with Gasteiger partial charge in [-0.3, -0.25) is 4.57 Å². The lowest BCUT2D eigenvalue weighted by Crippen LogP contribution is -2.42. The molecule has 0 unspecified atom stereocenters. The lowest BCUT2D eigenvalue weighted by Gasteiger charge is -2.27. The van der Waals surface area contributed by atoms with Crippen LogP contribution in [0.2, 0.25) is 0 Å². The molecule has 2 aromatic heterocycles. The van der Waals surface area contributed by atoms with Crippen LogP contribution in [-0.2, 0) is 6.54 Å². The minimum absolute atomic E-state index is 0. The molecule has 0 amide bonds. The molecule has 1 aliphatic heterocycles. The summed E-state index contributed by atoms with van der Waals surface area (Å²) in [5.41, 5.74) is 7.09. The molecule has 118 valence electrons. The fourth-order valence-corrected chi connectivity index (χ4v) is 3.03. The molecule has 1 saturated heterocycles. The standard InChI is InChI=1S/C14H18N6S.HI/c15-14(19-5-7-21-8-6-19)18-10-12-1-2-13(17-9-12)20-4-3-16-11-20;/h1-4,9,11H,5-8,10H2,(H2,15,18);1H. The highest BCUT2D eigenvalue weighted by Crippen LogP contribution is 2.10. The van der Waals surface area contributed by atoms with Crippen LogP contribution in [0.1, 0.15) is 5.56 Å². The maximum atomic E-state index is 6.04. The van der Waals surface area contributed by atoms with E-state index < -0.39 is 0 Å². The van der Waals surface area contributed by atoms with Gasteiger partial charge >= 0.3 is 0 Å². The van der Waals surface area contributed by atoms with Gasteiger partial charge in [-0.2, -0.15) is 11.8 Å². The van der Waals surface area contributed by atoms with Crippen LogP contribution in [-0.4, -0.2) is 50.0 Å². The second-order valence-electron chi connectivity index (χ2n) is 4.77. The summed E-state index contributed by atoms with van der Waals surface area (Å²) in [5, 5.41) is 0. The van der Waals surface area contributed by atoms with Gasteiger partial charge in [-0.15, -0.1) is 24.0 Å². The van der Waals surface area contributed by atoms with Crippen molar-refractivity contribution in [3.8, 4) is 5.82 Å². The predicted molar refractivity (Wildman–Crippen MR) is 101 cm³/mol. The van der Waals surface area contributed by atoms with E-state index in [0.717, 1.165) is 36.0 Å². The first-order chi connectivity index (χ1) is 10.3. The number of nitrogens with zero attached hydrogens (tertiary/aromatic N) is 5. The molecule has 0 aliphatic carbocycles. The number of thioether (sulfide) groups is 1. The number of rotatable bonds is 3. The Morgan fingerprint density at radius 2 is 2.14 bits per heavy atom. The van der Waals surface area contributed by atoms with Crippen molar-refractivity contribution in [2.75, 3.05) is 24.6 Å². The zero-order chi connectivity index (χ0) is 14.5. The highest BCUT2D eigenvalue weighted by atomic mass is 127. The van der Waals surface area contributed by atoms with Crippen molar-refractivity contribution in [3.05, 3.63) is 42.6 Å². The van der Waals surface area contributed by atoms with Gasteiger partial charge in [-0.25, -0.2) is 15.0 Å². The zero-order valence-corrected chi connectivity index (χ0v) is 15.3. The van der Waals surface area contributed by atoms with Crippen molar-refractivity contribution in [1.82, 2.24) is 19.4 Å². The largest absolute Gasteiger partial charge is 0.370 e. The average molecular weight is 430 g/mol. The molecule has 0 atom stereocenters. The Kier molecular flexibility index (Phi) is 6.49. The Morgan fingerprint density at radius 3 is 2.77 bits per heavy atom. The zero-order valence-electron chi connectivity index (χ0n) is 12.1. The van der Waals surface area contributed by atoms with Gasteiger partial charge in [0.15, 0.2) is 5.96 Å². The predicted octanol–water partition coefficient (Wildman–Crippen LogP) is 1.75. The smallest absolute Gasteiger partial charge is 0.191 e. The van der Waals surface area contributed by atoms with E-state index in [4.69, 9.17) is 5.73 Å². The molecule has 2 N–H and O–H groups in total. The van der Waals surface area contributed by atoms with Crippen LogP contribution >= 0.6 is 35.7 Å². The van der Waals surface area contributed by atoms with E-state index in [2.05, 4.69) is 19.9 Å². The van der Waals surface area contributed by atoms with Gasteiger partial charge in [0.1, 0.15) is 12.1 Å². The van der Waals surface area contributed by atoms with Gasteiger partial charge in [0.05, 0.1) is 6.54 Å². The Bertz CT molecular complexity index is 592. The van der Waals surface area contributed by atoms with Crippen LogP contribution in [0.15, 0.2) is 42.0 Å². The van der Waals surface area contributed by atoms with Gasteiger partial charge in [-0.05, 0) is 11.6 Å². The number of nitrogens with two attached hydrogens (primary N) is 1. The number of aliphatic imine (C=N–C) groups is 1. The SMILES string of the molecule is I.NC(=NCc1ccc(-n2ccnc2)nc1)N1CCSCC1. The molecule has 0 radical (unpaired) electrons. The second kappa shape index (κ2) is 8.37. The molecule has 22 heavy (non-hydrogen) atoms. The van der Waals surface area contributed by atoms with E-state index >= 15 is 0 Å². The molecule has 8 heteroatoms. The van der Waals surface area contributed by atoms with E-state index in [1.165, 1.54) is 0 Å². The monoisotopic (exact) mass is 430 g/mol. The summed E-state index contributed by atoms with van der Waals surface area (Å²) in [4.78, 5) is 15.0. The minimum atomic E-state index is 0. The average Bonchev–Trinajstić information content (AvgIpc) is 3.08. The summed E-state index contributed by atoms with van der Waals surface area (Å²) < 4.78 is 1.87. The van der Waals surface area contributed by atoms with Crippen LogP contribution < -0.4 is 5.73 Å². The second-order valence-corrected chi connectivity index (χ2v) is 5.99. The van der Waals surface area contributed by atoms with E-state index in [9.17, 15) is 0 Å². The van der Waals surface area contributed by atoms with Crippen molar-refractivity contribution in [1.29, 1.82) is 0 Å². The van der Waals surface area contributed by atoms with E-state index in [0.29, 0.717) is 12.5 Å². The Labute approximate surface area is 151 Å². The molecular weight excluding hydrogens is 411 g/mol. The van der Waals surface area contributed by atoms with E-state index in [-0.39, 0.29) is 24.0 Å². The third-order valence-electron chi connectivity index (χ3n) is 3.34. The first kappa shape index (κ1) is 17.1. The van der Waals surface area contributed by atoms with Crippen molar-refractivity contribution in [2.24, 2.45) is 10.7 Å². The normalized spacial score (nSPS) is 15.5. The number of pyridine rings is 1. The summed E-state index contributed by atoms with van der Waals surface area (Å²) in [6.45, 7) is 2.53. The van der Waals surface area contributed by atoms with Crippen LogP contribution in [0.25, 0.3) is 5.82 Å². The van der Waals surface area contributed by atoms with Gasteiger partial charge in [-0.1, -0.05) is 6.07 Å². The van der Waals surface area contributed by atoms with Crippen LogP contribution in [0.5, 0.6) is 0 Å². The van der Waals surface area contributed by atoms with Crippen molar-refractivity contribution in [3.63, 3.8) is 0 Å². The number of halogens is 1. The van der Waals surface area contributed by atoms with E-state index in [1.807, 2.05) is 40.9 Å². The number of guanidine groups is 1. The topological polar surface area (TPSA) is 72.3 Å². The molecule has 0 bridgehead atoms. The fraction of sp³-hybridized carbons (Fsp3) is 0.357. The first-order valence-electron chi connectivity index (χ1n) is 6.89. The van der Waals surface area contributed by atoms with Crippen molar-refractivity contribution >= 4 is 41.7 Å². The summed E-state index contributed by atoms with van der Waals surface area (Å²) >= 11 is 1.96. The van der Waals surface area contributed by atoms with Crippen LogP contribution in [0.4, 0.5) is 0 Å². The highest BCUT2D eigenvalue weighted by Gasteiger charge is 2.11. The highest BCUT2D eigenvalue weighted by molar-refractivity contribution is 14.0. The third-order valence-corrected chi connectivity index (χ3v) is 4.28. The molecule has 0 aromatic carbocycles. The molecule has 1 fully saturated rings. The first-order valence-corrected chi connectivity index (χ1v) is 8.04. The van der Waals surface area contributed by atoms with Gasteiger partial charge in [0.2, 0.25) is 0 Å². The Morgan fingerprint density at radius 1 is 1.32 bits per heavy atom. The van der Waals surface area contributed by atoms with Gasteiger partial charge in [0, 0.05) is 43.2 Å². The maximum absolute atomic E-state index is 6.04. The number of hydrogen-bond donors (Lipinski definition) is 1. The van der Waals surface area contributed by atoms with Crippen molar-refractivity contribution < 1.29 is 0 Å². The van der Waals surface area contributed by atoms with Crippen LogP contribution in [0.3, 0.4) is 0 Å². The fourth-order valence-electron chi connectivity index (χ4n) is 2.12. The molecular formula is C14H19IN6S. The third kappa shape index (κ3) is 4.35. The molecule has 6 nitrogen and oxygen atoms in total. The summed E-state index contributed by atoms with van der Waals surface area (Å²) in [7, 11) is 0. The lowest BCUT2D eigenvalue weighted by molar-refractivity contribution is 0.455. The molecule has 2 aromatic rings.